The van der Waals surface area contributed by atoms with Crippen LogP contribution in [0, 0.1) is 17.3 Å². The summed E-state index contributed by atoms with van der Waals surface area (Å²) in [5.41, 5.74) is -0.234. The van der Waals surface area contributed by atoms with E-state index >= 15 is 0 Å². The highest BCUT2D eigenvalue weighted by molar-refractivity contribution is 6.00. The van der Waals surface area contributed by atoms with E-state index in [9.17, 15) is 9.59 Å². The third-order valence-electron chi connectivity index (χ3n) is 3.88. The van der Waals surface area contributed by atoms with E-state index in [1.54, 1.807) is 0 Å². The summed E-state index contributed by atoms with van der Waals surface area (Å²) in [5.74, 6) is -0.567. The van der Waals surface area contributed by atoms with Crippen LogP contribution in [0.4, 0.5) is 0 Å². The molecule has 1 aliphatic rings. The van der Waals surface area contributed by atoms with Crippen molar-refractivity contribution in [2.24, 2.45) is 17.3 Å². The summed E-state index contributed by atoms with van der Waals surface area (Å²) >= 11 is 0. The van der Waals surface area contributed by atoms with Crippen LogP contribution in [-0.2, 0) is 14.3 Å². The van der Waals surface area contributed by atoms with Gasteiger partial charge in [0.05, 0.1) is 7.11 Å². The number of carbonyl (C=O) groups is 2. The Hall–Kier alpha value is -0.860. The number of esters is 1. The van der Waals surface area contributed by atoms with Crippen molar-refractivity contribution in [1.82, 2.24) is 0 Å². The maximum Gasteiger partial charge on any atom is 0.316 e. The second kappa shape index (κ2) is 4.33. The lowest BCUT2D eigenvalue weighted by Gasteiger charge is -2.41. The Morgan fingerprint density at radius 1 is 1.53 bits per heavy atom. The van der Waals surface area contributed by atoms with E-state index in [1.807, 2.05) is 6.92 Å². The Kier molecular flexibility index (Phi) is 3.53. The van der Waals surface area contributed by atoms with Gasteiger partial charge in [-0.1, -0.05) is 20.8 Å². The Morgan fingerprint density at radius 3 is 2.60 bits per heavy atom. The number of methoxy groups -OCH3 is 1. The molecule has 0 amide bonds. The van der Waals surface area contributed by atoms with E-state index in [0.29, 0.717) is 12.3 Å². The van der Waals surface area contributed by atoms with Gasteiger partial charge >= 0.3 is 5.97 Å². The fourth-order valence-electron chi connectivity index (χ4n) is 2.44. The molecule has 1 fully saturated rings. The Balaban J connectivity index is 3.02. The summed E-state index contributed by atoms with van der Waals surface area (Å²) in [6, 6.07) is 0. The minimum absolute atomic E-state index is 0.0456. The minimum atomic E-state index is -0.559. The fourth-order valence-corrected chi connectivity index (χ4v) is 2.44. The number of rotatable bonds is 2. The van der Waals surface area contributed by atoms with Gasteiger partial charge in [-0.25, -0.2) is 0 Å². The van der Waals surface area contributed by atoms with Crippen LogP contribution in [0.1, 0.15) is 40.0 Å². The van der Waals surface area contributed by atoms with E-state index in [4.69, 9.17) is 4.74 Å². The lowest BCUT2D eigenvalue weighted by atomic mass is 9.61. The molecule has 2 atom stereocenters. The molecule has 0 N–H and O–H groups in total. The molecule has 3 nitrogen and oxygen atoms in total. The van der Waals surface area contributed by atoms with Gasteiger partial charge in [0.1, 0.15) is 11.7 Å². The molecule has 1 saturated carbocycles. The SMILES string of the molecule is COC(=O)C1C(=O)CCC[C@]1(C)C(C)C. The summed E-state index contributed by atoms with van der Waals surface area (Å²) in [6.45, 7) is 6.15. The molecule has 0 radical (unpaired) electrons. The molecule has 0 aromatic rings. The lowest BCUT2D eigenvalue weighted by molar-refractivity contribution is -0.159. The second-order valence-corrected chi connectivity index (χ2v) is 4.94. The van der Waals surface area contributed by atoms with E-state index in [1.165, 1.54) is 7.11 Å². The molecule has 0 bridgehead atoms. The normalized spacial score (nSPS) is 31.8. The number of hydrogen-bond donors (Lipinski definition) is 0. The Labute approximate surface area is 91.2 Å². The maximum atomic E-state index is 11.8. The summed E-state index contributed by atoms with van der Waals surface area (Å²) in [5, 5.41) is 0. The van der Waals surface area contributed by atoms with E-state index < -0.39 is 5.92 Å². The molecule has 1 aliphatic carbocycles. The number of ether oxygens (including phenoxy) is 1. The Bertz CT molecular complexity index is 262. The molecule has 1 unspecified atom stereocenters. The van der Waals surface area contributed by atoms with Crippen LogP contribution in [0.5, 0.6) is 0 Å². The van der Waals surface area contributed by atoms with Gasteiger partial charge in [-0.15, -0.1) is 0 Å². The van der Waals surface area contributed by atoms with Crippen molar-refractivity contribution in [3.63, 3.8) is 0 Å². The van der Waals surface area contributed by atoms with Crippen molar-refractivity contribution in [3.8, 4) is 0 Å². The molecule has 0 spiro atoms. The lowest BCUT2D eigenvalue weighted by Crippen LogP contribution is -2.46. The van der Waals surface area contributed by atoms with Crippen molar-refractivity contribution < 1.29 is 14.3 Å². The van der Waals surface area contributed by atoms with Crippen LogP contribution < -0.4 is 0 Å². The first-order valence-electron chi connectivity index (χ1n) is 5.54. The Morgan fingerprint density at radius 2 is 2.13 bits per heavy atom. The molecule has 1 rings (SSSR count). The first-order valence-corrected chi connectivity index (χ1v) is 5.54. The van der Waals surface area contributed by atoms with Gasteiger partial charge in [0.25, 0.3) is 0 Å². The molecule has 0 aromatic heterocycles. The zero-order valence-electron chi connectivity index (χ0n) is 10.0. The van der Waals surface area contributed by atoms with Gasteiger partial charge in [-0.05, 0) is 24.2 Å². The van der Waals surface area contributed by atoms with Crippen LogP contribution >= 0.6 is 0 Å². The average Bonchev–Trinajstić information content (AvgIpc) is 2.17. The average molecular weight is 212 g/mol. The molecular weight excluding hydrogens is 192 g/mol. The van der Waals surface area contributed by atoms with Gasteiger partial charge in [-0.2, -0.15) is 0 Å². The van der Waals surface area contributed by atoms with Crippen LogP contribution in [0.25, 0.3) is 0 Å². The standard InChI is InChI=1S/C12H20O3/c1-8(2)12(3)7-5-6-9(13)10(12)11(14)15-4/h8,10H,5-7H2,1-4H3/t10?,12-/m1/s1. The highest BCUT2D eigenvalue weighted by Crippen LogP contribution is 2.45. The first kappa shape index (κ1) is 12.2. The van der Waals surface area contributed by atoms with E-state index in [2.05, 4.69) is 13.8 Å². The topological polar surface area (TPSA) is 43.4 Å². The molecular formula is C12H20O3. The molecule has 86 valence electrons. The number of hydrogen-bond acceptors (Lipinski definition) is 3. The molecule has 0 saturated heterocycles. The first-order chi connectivity index (χ1) is 6.93. The van der Waals surface area contributed by atoms with Gasteiger partial charge < -0.3 is 4.74 Å². The molecule has 0 aliphatic heterocycles. The van der Waals surface area contributed by atoms with E-state index in [0.717, 1.165) is 12.8 Å². The smallest absolute Gasteiger partial charge is 0.316 e. The molecule has 3 heteroatoms. The summed E-state index contributed by atoms with van der Waals surface area (Å²) in [7, 11) is 1.35. The van der Waals surface area contributed by atoms with Crippen LogP contribution in [0.2, 0.25) is 0 Å². The van der Waals surface area contributed by atoms with Crippen LogP contribution in [0.15, 0.2) is 0 Å². The summed E-state index contributed by atoms with van der Waals surface area (Å²) in [6.07, 6.45) is 2.33. The van der Waals surface area contributed by atoms with Gasteiger partial charge in [0.15, 0.2) is 0 Å². The monoisotopic (exact) mass is 212 g/mol. The zero-order valence-corrected chi connectivity index (χ0v) is 10.0. The van der Waals surface area contributed by atoms with Crippen molar-refractivity contribution in [2.75, 3.05) is 7.11 Å². The van der Waals surface area contributed by atoms with E-state index in [-0.39, 0.29) is 17.2 Å². The molecule has 15 heavy (non-hydrogen) atoms. The predicted molar refractivity (Wildman–Crippen MR) is 57.3 cm³/mol. The van der Waals surface area contributed by atoms with Crippen molar-refractivity contribution >= 4 is 11.8 Å². The highest BCUT2D eigenvalue weighted by Gasteiger charge is 2.48. The van der Waals surface area contributed by atoms with Gasteiger partial charge in [0.2, 0.25) is 0 Å². The highest BCUT2D eigenvalue weighted by atomic mass is 16.5. The number of ketones is 1. The summed E-state index contributed by atoms with van der Waals surface area (Å²) < 4.78 is 4.75. The third-order valence-corrected chi connectivity index (χ3v) is 3.88. The quantitative estimate of drug-likeness (QED) is 0.520. The maximum absolute atomic E-state index is 11.8. The van der Waals surface area contributed by atoms with Crippen LogP contribution in [0.3, 0.4) is 0 Å². The van der Waals surface area contributed by atoms with Gasteiger partial charge in [-0.3, -0.25) is 9.59 Å². The number of Topliss-reactive ketones (excluding diaryl/α,β-unsaturated/α-hetero) is 1. The summed E-state index contributed by atoms with van der Waals surface area (Å²) in [4.78, 5) is 23.5. The van der Waals surface area contributed by atoms with Crippen molar-refractivity contribution in [1.29, 1.82) is 0 Å². The molecule has 0 aromatic carbocycles. The van der Waals surface area contributed by atoms with Crippen molar-refractivity contribution in [2.45, 2.75) is 40.0 Å². The minimum Gasteiger partial charge on any atom is -0.468 e. The predicted octanol–water partition coefficient (Wildman–Crippen LogP) is 2.19. The van der Waals surface area contributed by atoms with Crippen molar-refractivity contribution in [3.05, 3.63) is 0 Å². The fraction of sp³-hybridized carbons (Fsp3) is 0.833. The second-order valence-electron chi connectivity index (χ2n) is 4.94. The molecule has 0 heterocycles. The zero-order chi connectivity index (χ0) is 11.6. The third kappa shape index (κ3) is 2.06. The van der Waals surface area contributed by atoms with Gasteiger partial charge in [0, 0.05) is 6.42 Å². The largest absolute Gasteiger partial charge is 0.468 e. The number of carbonyl (C=O) groups excluding carboxylic acids is 2. The van der Waals surface area contributed by atoms with Crippen LogP contribution in [-0.4, -0.2) is 18.9 Å².